The molecule has 2 aromatic carbocycles. The third kappa shape index (κ3) is 3.50. The molecule has 0 amide bonds. The van der Waals surface area contributed by atoms with Crippen LogP contribution >= 0.6 is 11.6 Å². The maximum absolute atomic E-state index is 13.1. The molecule has 0 saturated heterocycles. The van der Waals surface area contributed by atoms with Crippen molar-refractivity contribution < 1.29 is 9.13 Å². The van der Waals surface area contributed by atoms with Crippen LogP contribution in [0, 0.1) is 5.82 Å². The van der Waals surface area contributed by atoms with E-state index >= 15 is 0 Å². The second kappa shape index (κ2) is 6.25. The lowest BCUT2D eigenvalue weighted by Gasteiger charge is -2.16. The minimum absolute atomic E-state index is 0.0934. The van der Waals surface area contributed by atoms with Crippen molar-refractivity contribution in [3.8, 4) is 5.75 Å². The fraction of sp³-hybridized carbons (Fsp3) is 0.250. The summed E-state index contributed by atoms with van der Waals surface area (Å²) in [6.45, 7) is 3.92. The lowest BCUT2D eigenvalue weighted by Crippen LogP contribution is -2.13. The molecule has 2 N–H and O–H groups in total. The summed E-state index contributed by atoms with van der Waals surface area (Å²) < 4.78 is 18.7. The van der Waals surface area contributed by atoms with Crippen molar-refractivity contribution in [3.63, 3.8) is 0 Å². The van der Waals surface area contributed by atoms with Crippen molar-refractivity contribution in [2.75, 3.05) is 0 Å². The number of rotatable bonds is 4. The molecule has 20 heavy (non-hydrogen) atoms. The van der Waals surface area contributed by atoms with Crippen LogP contribution in [0.3, 0.4) is 0 Å². The van der Waals surface area contributed by atoms with E-state index in [1.807, 2.05) is 38.1 Å². The summed E-state index contributed by atoms with van der Waals surface area (Å²) in [5.74, 6) is 0.383. The minimum atomic E-state index is -0.418. The number of hydrogen-bond acceptors (Lipinski definition) is 2. The fourth-order valence-corrected chi connectivity index (χ4v) is 2.27. The van der Waals surface area contributed by atoms with Crippen molar-refractivity contribution in [2.45, 2.75) is 26.0 Å². The summed E-state index contributed by atoms with van der Waals surface area (Å²) in [6, 6.07) is 11.4. The van der Waals surface area contributed by atoms with Crippen molar-refractivity contribution >= 4 is 11.6 Å². The van der Waals surface area contributed by atoms with Gasteiger partial charge < -0.3 is 10.5 Å². The summed E-state index contributed by atoms with van der Waals surface area (Å²) in [7, 11) is 0. The van der Waals surface area contributed by atoms with Gasteiger partial charge in [0.1, 0.15) is 11.6 Å². The summed E-state index contributed by atoms with van der Waals surface area (Å²) >= 11 is 6.05. The Morgan fingerprint density at radius 2 is 1.90 bits per heavy atom. The molecule has 0 aliphatic heterocycles. The van der Waals surface area contributed by atoms with Crippen LogP contribution in [0.1, 0.15) is 31.0 Å². The molecular weight excluding hydrogens is 277 g/mol. The number of ether oxygens (including phenoxy) is 1. The maximum Gasteiger partial charge on any atom is 0.124 e. The maximum atomic E-state index is 13.1. The van der Waals surface area contributed by atoms with E-state index in [0.717, 1.165) is 11.3 Å². The number of benzene rings is 2. The molecule has 2 rings (SSSR count). The summed E-state index contributed by atoms with van der Waals surface area (Å²) in [6.07, 6.45) is 0.0934. The molecule has 0 fully saturated rings. The van der Waals surface area contributed by atoms with Gasteiger partial charge in [-0.3, -0.25) is 0 Å². The van der Waals surface area contributed by atoms with E-state index in [9.17, 15) is 4.39 Å². The first-order valence-electron chi connectivity index (χ1n) is 6.44. The predicted molar refractivity (Wildman–Crippen MR) is 79.6 cm³/mol. The fourth-order valence-electron chi connectivity index (χ4n) is 1.99. The molecule has 0 heterocycles. The van der Waals surface area contributed by atoms with Crippen LogP contribution in [-0.4, -0.2) is 6.10 Å². The molecule has 0 aliphatic carbocycles. The van der Waals surface area contributed by atoms with Gasteiger partial charge in [-0.15, -0.1) is 0 Å². The molecular formula is C16H17ClFNO. The van der Waals surface area contributed by atoms with Gasteiger partial charge in [-0.2, -0.15) is 0 Å². The number of hydrogen-bond donors (Lipinski definition) is 1. The Bertz CT molecular complexity index is 601. The second-order valence-corrected chi connectivity index (χ2v) is 5.29. The highest BCUT2D eigenvalue weighted by Crippen LogP contribution is 2.29. The van der Waals surface area contributed by atoms with Gasteiger partial charge in [-0.05, 0) is 49.2 Å². The SMILES string of the molecule is CC(C)Oc1cccc(C(N)c2ccc(F)cc2Cl)c1. The Morgan fingerprint density at radius 1 is 1.15 bits per heavy atom. The normalized spacial score (nSPS) is 12.5. The molecule has 0 saturated carbocycles. The van der Waals surface area contributed by atoms with Crippen LogP contribution in [0.25, 0.3) is 0 Å². The summed E-state index contributed by atoms with van der Waals surface area (Å²) in [5, 5.41) is 0.327. The van der Waals surface area contributed by atoms with Gasteiger partial charge in [0.2, 0.25) is 0 Å². The molecule has 1 unspecified atom stereocenters. The third-order valence-electron chi connectivity index (χ3n) is 2.89. The highest BCUT2D eigenvalue weighted by atomic mass is 35.5. The van der Waals surface area contributed by atoms with Gasteiger partial charge in [-0.1, -0.05) is 29.8 Å². The van der Waals surface area contributed by atoms with Gasteiger partial charge in [0.05, 0.1) is 12.1 Å². The van der Waals surface area contributed by atoms with Crippen LogP contribution in [-0.2, 0) is 0 Å². The molecule has 2 nitrogen and oxygen atoms in total. The van der Waals surface area contributed by atoms with E-state index in [0.29, 0.717) is 10.6 Å². The quantitative estimate of drug-likeness (QED) is 0.911. The van der Waals surface area contributed by atoms with E-state index in [1.165, 1.54) is 12.1 Å². The van der Waals surface area contributed by atoms with Crippen molar-refractivity contribution in [3.05, 3.63) is 64.4 Å². The summed E-state index contributed by atoms with van der Waals surface area (Å²) in [4.78, 5) is 0. The van der Waals surface area contributed by atoms with Crippen LogP contribution in [0.15, 0.2) is 42.5 Å². The highest BCUT2D eigenvalue weighted by Gasteiger charge is 2.14. The zero-order valence-corrected chi connectivity index (χ0v) is 12.2. The standard InChI is InChI=1S/C16H17ClFNO/c1-10(2)20-13-5-3-4-11(8-13)16(19)14-7-6-12(18)9-15(14)17/h3-10,16H,19H2,1-2H3. The molecule has 0 radical (unpaired) electrons. The minimum Gasteiger partial charge on any atom is -0.491 e. The molecule has 4 heteroatoms. The largest absolute Gasteiger partial charge is 0.491 e. The van der Waals surface area contributed by atoms with E-state index in [2.05, 4.69) is 0 Å². The van der Waals surface area contributed by atoms with E-state index < -0.39 is 6.04 Å². The van der Waals surface area contributed by atoms with Gasteiger partial charge in [-0.25, -0.2) is 4.39 Å². The van der Waals surface area contributed by atoms with E-state index in [4.69, 9.17) is 22.1 Å². The van der Waals surface area contributed by atoms with Crippen LogP contribution in [0.5, 0.6) is 5.75 Å². The lowest BCUT2D eigenvalue weighted by molar-refractivity contribution is 0.242. The monoisotopic (exact) mass is 293 g/mol. The number of nitrogens with two attached hydrogens (primary N) is 1. The van der Waals surface area contributed by atoms with E-state index in [-0.39, 0.29) is 11.9 Å². The van der Waals surface area contributed by atoms with Gasteiger partial charge in [0.15, 0.2) is 0 Å². The molecule has 0 bridgehead atoms. The summed E-state index contributed by atoms with van der Waals surface area (Å²) in [5.41, 5.74) is 7.77. The third-order valence-corrected chi connectivity index (χ3v) is 3.21. The first kappa shape index (κ1) is 14.8. The first-order valence-corrected chi connectivity index (χ1v) is 6.82. The molecule has 0 spiro atoms. The number of halogens is 2. The second-order valence-electron chi connectivity index (χ2n) is 4.88. The average molecular weight is 294 g/mol. The Hall–Kier alpha value is -1.58. The smallest absolute Gasteiger partial charge is 0.124 e. The zero-order chi connectivity index (χ0) is 14.7. The van der Waals surface area contributed by atoms with Crippen molar-refractivity contribution in [1.29, 1.82) is 0 Å². The Labute approximate surface area is 123 Å². The molecule has 0 aliphatic rings. The average Bonchev–Trinajstić information content (AvgIpc) is 2.37. The van der Waals surface area contributed by atoms with E-state index in [1.54, 1.807) is 6.07 Å². The Kier molecular flexibility index (Phi) is 4.63. The lowest BCUT2D eigenvalue weighted by atomic mass is 9.99. The molecule has 106 valence electrons. The van der Waals surface area contributed by atoms with Crippen molar-refractivity contribution in [1.82, 2.24) is 0 Å². The van der Waals surface area contributed by atoms with Crippen LogP contribution in [0.2, 0.25) is 5.02 Å². The topological polar surface area (TPSA) is 35.2 Å². The van der Waals surface area contributed by atoms with Crippen molar-refractivity contribution in [2.24, 2.45) is 5.73 Å². The zero-order valence-electron chi connectivity index (χ0n) is 11.4. The van der Waals surface area contributed by atoms with Gasteiger partial charge in [0, 0.05) is 5.02 Å². The van der Waals surface area contributed by atoms with Gasteiger partial charge in [0.25, 0.3) is 0 Å². The molecule has 0 aromatic heterocycles. The molecule has 1 atom stereocenters. The predicted octanol–water partition coefficient (Wildman–Crippen LogP) is 4.31. The van der Waals surface area contributed by atoms with Crippen LogP contribution in [0.4, 0.5) is 4.39 Å². The first-order chi connectivity index (χ1) is 9.47. The van der Waals surface area contributed by atoms with Crippen LogP contribution < -0.4 is 10.5 Å². The highest BCUT2D eigenvalue weighted by molar-refractivity contribution is 6.31. The van der Waals surface area contributed by atoms with Gasteiger partial charge >= 0.3 is 0 Å². The Morgan fingerprint density at radius 3 is 2.55 bits per heavy atom. The Balaban J connectivity index is 2.30. The molecule has 2 aromatic rings.